The van der Waals surface area contributed by atoms with Crippen LogP contribution in [-0.2, 0) is 4.74 Å². The Kier molecular flexibility index (Phi) is 2.26. The molecule has 0 radical (unpaired) electrons. The lowest BCUT2D eigenvalue weighted by atomic mass is 9.84. The maximum absolute atomic E-state index is 5.52. The third-order valence-electron chi connectivity index (χ3n) is 2.19. The molecule has 0 aliphatic carbocycles. The summed E-state index contributed by atoms with van der Waals surface area (Å²) in [6.07, 6.45) is 2.18. The molecular formula is C10H18O. The Labute approximate surface area is 69.4 Å². The normalized spacial score (nSPS) is 18.9. The second-order valence-corrected chi connectivity index (χ2v) is 4.10. The number of ether oxygens (including phenoxy) is 1. The molecule has 0 atom stereocenters. The molecule has 0 spiro atoms. The van der Waals surface area contributed by atoms with Gasteiger partial charge >= 0.3 is 0 Å². The lowest BCUT2D eigenvalue weighted by molar-refractivity contribution is 0.236. The molecule has 0 aromatic heterocycles. The van der Waals surface area contributed by atoms with Crippen LogP contribution < -0.4 is 0 Å². The first-order valence-electron chi connectivity index (χ1n) is 4.41. The first kappa shape index (κ1) is 8.63. The SMILES string of the molecule is CCC1=C(C(C)(C)C)CCO1. The highest BCUT2D eigenvalue weighted by Crippen LogP contribution is 2.35. The van der Waals surface area contributed by atoms with Crippen LogP contribution in [0, 0.1) is 5.41 Å². The minimum absolute atomic E-state index is 0.307. The molecule has 0 fully saturated rings. The van der Waals surface area contributed by atoms with E-state index in [1.165, 1.54) is 11.3 Å². The van der Waals surface area contributed by atoms with E-state index in [1.54, 1.807) is 0 Å². The molecule has 1 aliphatic heterocycles. The van der Waals surface area contributed by atoms with Crippen LogP contribution in [0.25, 0.3) is 0 Å². The zero-order chi connectivity index (χ0) is 8.48. The van der Waals surface area contributed by atoms with Crippen molar-refractivity contribution in [2.75, 3.05) is 6.61 Å². The lowest BCUT2D eigenvalue weighted by Gasteiger charge is -2.20. The minimum atomic E-state index is 0.307. The maximum Gasteiger partial charge on any atom is 0.0955 e. The van der Waals surface area contributed by atoms with Gasteiger partial charge in [-0.25, -0.2) is 0 Å². The van der Waals surface area contributed by atoms with Crippen molar-refractivity contribution in [2.45, 2.75) is 40.5 Å². The van der Waals surface area contributed by atoms with E-state index in [-0.39, 0.29) is 0 Å². The molecule has 11 heavy (non-hydrogen) atoms. The summed E-state index contributed by atoms with van der Waals surface area (Å²) in [6.45, 7) is 9.83. The molecule has 64 valence electrons. The molecule has 0 aromatic rings. The summed E-state index contributed by atoms with van der Waals surface area (Å²) in [5, 5.41) is 0. The van der Waals surface area contributed by atoms with Gasteiger partial charge in [-0.05, 0) is 11.0 Å². The van der Waals surface area contributed by atoms with E-state index in [9.17, 15) is 0 Å². The highest BCUT2D eigenvalue weighted by Gasteiger charge is 2.25. The van der Waals surface area contributed by atoms with Gasteiger partial charge in [-0.3, -0.25) is 0 Å². The van der Waals surface area contributed by atoms with Crippen molar-refractivity contribution in [1.82, 2.24) is 0 Å². The first-order valence-corrected chi connectivity index (χ1v) is 4.41. The van der Waals surface area contributed by atoms with Gasteiger partial charge in [-0.2, -0.15) is 0 Å². The third kappa shape index (κ3) is 1.76. The van der Waals surface area contributed by atoms with Crippen molar-refractivity contribution in [3.8, 4) is 0 Å². The van der Waals surface area contributed by atoms with Crippen molar-refractivity contribution in [1.29, 1.82) is 0 Å². The van der Waals surface area contributed by atoms with Crippen LogP contribution in [0.4, 0.5) is 0 Å². The number of hydrogen-bond donors (Lipinski definition) is 0. The third-order valence-corrected chi connectivity index (χ3v) is 2.19. The standard InChI is InChI=1S/C10H18O/c1-5-9-8(6-7-11-9)10(2,3)4/h5-7H2,1-4H3. The average molecular weight is 154 g/mol. The number of hydrogen-bond acceptors (Lipinski definition) is 1. The fourth-order valence-corrected chi connectivity index (χ4v) is 1.61. The highest BCUT2D eigenvalue weighted by atomic mass is 16.5. The first-order chi connectivity index (χ1) is 5.05. The summed E-state index contributed by atoms with van der Waals surface area (Å²) in [5.41, 5.74) is 1.82. The fourth-order valence-electron chi connectivity index (χ4n) is 1.61. The summed E-state index contributed by atoms with van der Waals surface area (Å²) in [5.74, 6) is 1.23. The fraction of sp³-hybridized carbons (Fsp3) is 0.800. The zero-order valence-corrected chi connectivity index (χ0v) is 8.03. The summed E-state index contributed by atoms with van der Waals surface area (Å²) < 4.78 is 5.52. The van der Waals surface area contributed by atoms with E-state index in [0.717, 1.165) is 19.4 Å². The Morgan fingerprint density at radius 2 is 2.00 bits per heavy atom. The van der Waals surface area contributed by atoms with Gasteiger partial charge in [-0.15, -0.1) is 0 Å². The molecular weight excluding hydrogens is 136 g/mol. The van der Waals surface area contributed by atoms with E-state index in [2.05, 4.69) is 27.7 Å². The Bertz CT molecular complexity index is 172. The van der Waals surface area contributed by atoms with Crippen LogP contribution in [0.3, 0.4) is 0 Å². The van der Waals surface area contributed by atoms with Gasteiger partial charge < -0.3 is 4.74 Å². The molecule has 1 aliphatic rings. The maximum atomic E-state index is 5.52. The molecule has 1 heterocycles. The highest BCUT2D eigenvalue weighted by molar-refractivity contribution is 5.18. The van der Waals surface area contributed by atoms with Crippen LogP contribution >= 0.6 is 0 Å². The Hall–Kier alpha value is -0.460. The summed E-state index contributed by atoms with van der Waals surface area (Å²) in [4.78, 5) is 0. The van der Waals surface area contributed by atoms with E-state index in [0.29, 0.717) is 5.41 Å². The molecule has 1 nitrogen and oxygen atoms in total. The van der Waals surface area contributed by atoms with Crippen LogP contribution in [0.5, 0.6) is 0 Å². The van der Waals surface area contributed by atoms with Crippen LogP contribution in [0.15, 0.2) is 11.3 Å². The second-order valence-electron chi connectivity index (χ2n) is 4.10. The van der Waals surface area contributed by atoms with E-state index in [1.807, 2.05) is 0 Å². The van der Waals surface area contributed by atoms with Crippen molar-refractivity contribution < 1.29 is 4.74 Å². The monoisotopic (exact) mass is 154 g/mol. The number of rotatable bonds is 1. The van der Waals surface area contributed by atoms with Gasteiger partial charge in [0.25, 0.3) is 0 Å². The Morgan fingerprint density at radius 3 is 2.36 bits per heavy atom. The van der Waals surface area contributed by atoms with Gasteiger partial charge in [0, 0.05) is 12.8 Å². The molecule has 1 rings (SSSR count). The zero-order valence-electron chi connectivity index (χ0n) is 8.03. The second kappa shape index (κ2) is 2.88. The van der Waals surface area contributed by atoms with Crippen LogP contribution in [0.1, 0.15) is 40.5 Å². The van der Waals surface area contributed by atoms with Gasteiger partial charge in [0.1, 0.15) is 0 Å². The van der Waals surface area contributed by atoms with Crippen molar-refractivity contribution in [3.05, 3.63) is 11.3 Å². The number of allylic oxidation sites excluding steroid dienone is 1. The molecule has 0 unspecified atom stereocenters. The minimum Gasteiger partial charge on any atom is -0.498 e. The Morgan fingerprint density at radius 1 is 1.36 bits per heavy atom. The van der Waals surface area contributed by atoms with Crippen molar-refractivity contribution in [2.24, 2.45) is 5.41 Å². The van der Waals surface area contributed by atoms with E-state index in [4.69, 9.17) is 4.74 Å². The van der Waals surface area contributed by atoms with Crippen LogP contribution in [-0.4, -0.2) is 6.61 Å². The Balaban J connectivity index is 2.83. The topological polar surface area (TPSA) is 9.23 Å². The molecule has 0 saturated heterocycles. The summed E-state index contributed by atoms with van der Waals surface area (Å²) in [7, 11) is 0. The van der Waals surface area contributed by atoms with Gasteiger partial charge in [0.2, 0.25) is 0 Å². The van der Waals surface area contributed by atoms with Gasteiger partial charge in [0.15, 0.2) is 0 Å². The lowest BCUT2D eigenvalue weighted by Crippen LogP contribution is -2.09. The molecule has 0 aromatic carbocycles. The summed E-state index contributed by atoms with van der Waals surface area (Å²) >= 11 is 0. The van der Waals surface area contributed by atoms with Crippen LogP contribution in [0.2, 0.25) is 0 Å². The predicted octanol–water partition coefficient (Wildman–Crippen LogP) is 3.12. The quantitative estimate of drug-likeness (QED) is 0.564. The smallest absolute Gasteiger partial charge is 0.0955 e. The molecule has 0 N–H and O–H groups in total. The van der Waals surface area contributed by atoms with Gasteiger partial charge in [0.05, 0.1) is 12.4 Å². The summed E-state index contributed by atoms with van der Waals surface area (Å²) in [6, 6.07) is 0. The largest absolute Gasteiger partial charge is 0.498 e. The van der Waals surface area contributed by atoms with E-state index >= 15 is 0 Å². The van der Waals surface area contributed by atoms with Crippen molar-refractivity contribution >= 4 is 0 Å². The molecule has 0 saturated carbocycles. The molecule has 0 amide bonds. The molecule has 0 bridgehead atoms. The van der Waals surface area contributed by atoms with Crippen molar-refractivity contribution in [3.63, 3.8) is 0 Å². The van der Waals surface area contributed by atoms with E-state index < -0.39 is 0 Å². The predicted molar refractivity (Wildman–Crippen MR) is 47.3 cm³/mol. The molecule has 1 heteroatoms. The average Bonchev–Trinajstić information content (AvgIpc) is 2.31. The van der Waals surface area contributed by atoms with Gasteiger partial charge in [-0.1, -0.05) is 27.7 Å².